The number of benzene rings is 1. The van der Waals surface area contributed by atoms with Crippen LogP contribution in [-0.4, -0.2) is 46.8 Å². The van der Waals surface area contributed by atoms with Gasteiger partial charge in [0.1, 0.15) is 17.9 Å². The van der Waals surface area contributed by atoms with Gasteiger partial charge in [0.05, 0.1) is 0 Å². The molecule has 1 saturated carbocycles. The molecule has 1 aromatic rings. The van der Waals surface area contributed by atoms with E-state index in [-0.39, 0.29) is 18.5 Å². The molecule has 1 heterocycles. The number of hydrogen-bond donors (Lipinski definition) is 1. The average molecular weight is 333 g/mol. The lowest BCUT2D eigenvalue weighted by atomic mass is 9.92. The number of imide groups is 1. The van der Waals surface area contributed by atoms with E-state index in [0.29, 0.717) is 12.1 Å². The summed E-state index contributed by atoms with van der Waals surface area (Å²) in [7, 11) is 0. The fourth-order valence-corrected chi connectivity index (χ4v) is 3.07. The number of carbonyl (C=O) groups excluding carboxylic acids is 3. The third-order valence-corrected chi connectivity index (χ3v) is 4.64. The number of halogens is 1. The first-order valence-electron chi connectivity index (χ1n) is 8.06. The zero-order valence-electron chi connectivity index (χ0n) is 13.7. The number of rotatable bonds is 5. The molecule has 2 fully saturated rings. The van der Waals surface area contributed by atoms with Crippen molar-refractivity contribution in [3.05, 3.63) is 35.6 Å². The van der Waals surface area contributed by atoms with E-state index < -0.39 is 23.3 Å². The second-order valence-electron chi connectivity index (χ2n) is 6.36. The van der Waals surface area contributed by atoms with Crippen LogP contribution in [0.3, 0.4) is 0 Å². The van der Waals surface area contributed by atoms with Crippen LogP contribution in [0.1, 0.15) is 32.3 Å². The minimum absolute atomic E-state index is 0.228. The van der Waals surface area contributed by atoms with Gasteiger partial charge in [-0.1, -0.05) is 12.1 Å². The third-order valence-electron chi connectivity index (χ3n) is 4.64. The summed E-state index contributed by atoms with van der Waals surface area (Å²) in [6.45, 7) is 3.72. The van der Waals surface area contributed by atoms with Crippen molar-refractivity contribution in [1.82, 2.24) is 15.1 Å². The molecule has 0 bridgehead atoms. The van der Waals surface area contributed by atoms with Crippen molar-refractivity contribution < 1.29 is 18.8 Å². The van der Waals surface area contributed by atoms with E-state index in [9.17, 15) is 18.8 Å². The zero-order valence-corrected chi connectivity index (χ0v) is 13.7. The van der Waals surface area contributed by atoms with Crippen LogP contribution in [0.15, 0.2) is 24.3 Å². The van der Waals surface area contributed by atoms with Crippen LogP contribution in [0.2, 0.25) is 0 Å². The van der Waals surface area contributed by atoms with Gasteiger partial charge < -0.3 is 10.2 Å². The summed E-state index contributed by atoms with van der Waals surface area (Å²) < 4.78 is 13.1. The van der Waals surface area contributed by atoms with Crippen LogP contribution in [0.5, 0.6) is 0 Å². The van der Waals surface area contributed by atoms with Gasteiger partial charge in [-0.15, -0.1) is 0 Å². The molecule has 6 nitrogen and oxygen atoms in total. The highest BCUT2D eigenvalue weighted by Gasteiger charge is 2.50. The normalized spacial score (nSPS) is 23.4. The Morgan fingerprint density at radius 2 is 1.96 bits per heavy atom. The van der Waals surface area contributed by atoms with Crippen molar-refractivity contribution in [2.45, 2.75) is 38.3 Å². The van der Waals surface area contributed by atoms with Gasteiger partial charge in [0.25, 0.3) is 5.91 Å². The Labute approximate surface area is 139 Å². The molecular weight excluding hydrogens is 313 g/mol. The Morgan fingerprint density at radius 3 is 2.50 bits per heavy atom. The summed E-state index contributed by atoms with van der Waals surface area (Å²) in [4.78, 5) is 40.0. The van der Waals surface area contributed by atoms with Crippen LogP contribution in [0, 0.1) is 5.82 Å². The molecular formula is C17H20FN3O3. The monoisotopic (exact) mass is 333 g/mol. The topological polar surface area (TPSA) is 69.7 Å². The van der Waals surface area contributed by atoms with Gasteiger partial charge in [-0.25, -0.2) is 9.18 Å². The number of hydrogen-bond acceptors (Lipinski definition) is 3. The number of urea groups is 1. The Balaban J connectivity index is 1.78. The second-order valence-corrected chi connectivity index (χ2v) is 6.36. The molecule has 4 amide bonds. The second kappa shape index (κ2) is 5.89. The van der Waals surface area contributed by atoms with Gasteiger partial charge in [0.15, 0.2) is 0 Å². The zero-order chi connectivity index (χ0) is 17.5. The number of nitrogens with one attached hydrogen (secondary N) is 1. The molecule has 7 heteroatoms. The number of likely N-dealkylation sites (N-methyl/N-ethyl adjacent to an activating group) is 1. The predicted molar refractivity (Wildman–Crippen MR) is 84.4 cm³/mol. The van der Waals surface area contributed by atoms with Gasteiger partial charge in [-0.05, 0) is 44.4 Å². The van der Waals surface area contributed by atoms with Crippen LogP contribution >= 0.6 is 0 Å². The molecule has 1 unspecified atom stereocenters. The molecule has 2 aliphatic rings. The third kappa shape index (κ3) is 2.74. The Bertz CT molecular complexity index is 687. The molecule has 1 aliphatic heterocycles. The van der Waals surface area contributed by atoms with Gasteiger partial charge in [-0.3, -0.25) is 14.5 Å². The molecule has 0 spiro atoms. The fraction of sp³-hybridized carbons (Fsp3) is 0.471. The highest BCUT2D eigenvalue weighted by Crippen LogP contribution is 2.30. The molecule has 0 radical (unpaired) electrons. The Kier molecular flexibility index (Phi) is 4.03. The Morgan fingerprint density at radius 1 is 1.33 bits per heavy atom. The lowest BCUT2D eigenvalue weighted by Gasteiger charge is -2.24. The average Bonchev–Trinajstić information content (AvgIpc) is 3.34. The van der Waals surface area contributed by atoms with E-state index in [1.807, 2.05) is 6.92 Å². The summed E-state index contributed by atoms with van der Waals surface area (Å²) in [6, 6.07) is 5.01. The van der Waals surface area contributed by atoms with Crippen molar-refractivity contribution in [2.75, 3.05) is 13.1 Å². The first-order valence-corrected chi connectivity index (χ1v) is 8.06. The van der Waals surface area contributed by atoms with E-state index in [0.717, 1.165) is 17.7 Å². The molecule has 1 aromatic carbocycles. The summed E-state index contributed by atoms with van der Waals surface area (Å²) in [6.07, 6.45) is 1.93. The van der Waals surface area contributed by atoms with Gasteiger partial charge in [0.2, 0.25) is 5.91 Å². The van der Waals surface area contributed by atoms with E-state index in [4.69, 9.17) is 0 Å². The standard InChI is InChI=1S/C17H20FN3O3/c1-3-20(13-8-9-13)14(22)10-21-15(23)17(2,19-16(21)24)11-4-6-12(18)7-5-11/h4-7,13H,3,8-10H2,1-2H3,(H,19,24). The summed E-state index contributed by atoms with van der Waals surface area (Å²) in [5.74, 6) is -1.15. The van der Waals surface area contributed by atoms with Crippen LogP contribution in [0.4, 0.5) is 9.18 Å². The maximum Gasteiger partial charge on any atom is 0.325 e. The van der Waals surface area contributed by atoms with E-state index in [1.54, 1.807) is 11.8 Å². The fourth-order valence-electron chi connectivity index (χ4n) is 3.07. The first kappa shape index (κ1) is 16.4. The van der Waals surface area contributed by atoms with Crippen molar-refractivity contribution >= 4 is 17.8 Å². The molecule has 1 N–H and O–H groups in total. The number of nitrogens with zero attached hydrogens (tertiary/aromatic N) is 2. The molecule has 128 valence electrons. The molecule has 1 aliphatic carbocycles. The Hall–Kier alpha value is -2.44. The number of carbonyl (C=O) groups is 3. The molecule has 3 rings (SSSR count). The highest BCUT2D eigenvalue weighted by atomic mass is 19.1. The smallest absolute Gasteiger partial charge is 0.325 e. The van der Waals surface area contributed by atoms with Crippen molar-refractivity contribution in [3.8, 4) is 0 Å². The highest BCUT2D eigenvalue weighted by molar-refractivity contribution is 6.09. The lowest BCUT2D eigenvalue weighted by molar-refractivity contribution is -0.139. The molecule has 24 heavy (non-hydrogen) atoms. The van der Waals surface area contributed by atoms with Crippen molar-refractivity contribution in [1.29, 1.82) is 0 Å². The van der Waals surface area contributed by atoms with Gasteiger partial charge >= 0.3 is 6.03 Å². The molecule has 0 aromatic heterocycles. The number of amides is 4. The largest absolute Gasteiger partial charge is 0.338 e. The first-order chi connectivity index (χ1) is 11.4. The molecule has 1 saturated heterocycles. The van der Waals surface area contributed by atoms with Crippen molar-refractivity contribution in [2.24, 2.45) is 0 Å². The lowest BCUT2D eigenvalue weighted by Crippen LogP contribution is -2.45. The summed E-state index contributed by atoms with van der Waals surface area (Å²) >= 11 is 0. The van der Waals surface area contributed by atoms with Crippen LogP contribution in [-0.2, 0) is 15.1 Å². The van der Waals surface area contributed by atoms with Crippen LogP contribution < -0.4 is 5.32 Å². The van der Waals surface area contributed by atoms with Crippen molar-refractivity contribution in [3.63, 3.8) is 0 Å². The molecule has 1 atom stereocenters. The minimum Gasteiger partial charge on any atom is -0.338 e. The summed E-state index contributed by atoms with van der Waals surface area (Å²) in [5, 5.41) is 2.62. The van der Waals surface area contributed by atoms with E-state index >= 15 is 0 Å². The van der Waals surface area contributed by atoms with E-state index in [1.165, 1.54) is 24.3 Å². The quantitative estimate of drug-likeness (QED) is 0.832. The summed E-state index contributed by atoms with van der Waals surface area (Å²) in [5.41, 5.74) is -0.812. The SMILES string of the molecule is CCN(C(=O)CN1C(=O)NC(C)(c2ccc(F)cc2)C1=O)C1CC1. The van der Waals surface area contributed by atoms with Gasteiger partial charge in [0, 0.05) is 12.6 Å². The maximum absolute atomic E-state index is 13.1. The van der Waals surface area contributed by atoms with Gasteiger partial charge in [-0.2, -0.15) is 0 Å². The predicted octanol–water partition coefficient (Wildman–Crippen LogP) is 1.60. The minimum atomic E-state index is -1.29. The van der Waals surface area contributed by atoms with E-state index in [2.05, 4.69) is 5.32 Å². The van der Waals surface area contributed by atoms with Crippen LogP contribution in [0.25, 0.3) is 0 Å². The maximum atomic E-state index is 13.1.